The van der Waals surface area contributed by atoms with Gasteiger partial charge in [-0.15, -0.1) is 0 Å². The highest BCUT2D eigenvalue weighted by atomic mass is 35.5. The summed E-state index contributed by atoms with van der Waals surface area (Å²) in [6, 6.07) is 1.56. The Labute approximate surface area is 132 Å². The standard InChI is InChI=1S/C15H16ClF2NO3/c1-2-22-15(21)9-4-3-5-19(8-9)14(20)10-6-12(17)13(18)7-11(10)16/h6-7,9H,2-5,8H2,1H3/t9-/m0/s1. The molecule has 0 saturated carbocycles. The molecule has 120 valence electrons. The molecule has 0 radical (unpaired) electrons. The van der Waals surface area contributed by atoms with E-state index in [4.69, 9.17) is 16.3 Å². The zero-order valence-corrected chi connectivity index (χ0v) is 12.8. The largest absolute Gasteiger partial charge is 0.466 e. The fraction of sp³-hybridized carbons (Fsp3) is 0.467. The summed E-state index contributed by atoms with van der Waals surface area (Å²) >= 11 is 5.82. The minimum absolute atomic E-state index is 0.106. The molecule has 4 nitrogen and oxygen atoms in total. The minimum Gasteiger partial charge on any atom is -0.466 e. The second-order valence-electron chi connectivity index (χ2n) is 5.09. The Kier molecular flexibility index (Phi) is 5.34. The van der Waals surface area contributed by atoms with Crippen LogP contribution in [0.2, 0.25) is 5.02 Å². The molecule has 1 fully saturated rings. The van der Waals surface area contributed by atoms with Crippen molar-refractivity contribution >= 4 is 23.5 Å². The van der Waals surface area contributed by atoms with Crippen molar-refractivity contribution in [2.24, 2.45) is 5.92 Å². The van der Waals surface area contributed by atoms with E-state index in [1.165, 1.54) is 4.90 Å². The van der Waals surface area contributed by atoms with Gasteiger partial charge in [-0.1, -0.05) is 11.6 Å². The molecule has 0 bridgehead atoms. The van der Waals surface area contributed by atoms with E-state index in [9.17, 15) is 18.4 Å². The fourth-order valence-electron chi connectivity index (χ4n) is 2.47. The maximum Gasteiger partial charge on any atom is 0.310 e. The Balaban J connectivity index is 2.15. The minimum atomic E-state index is -1.13. The number of carbonyl (C=O) groups excluding carboxylic acids is 2. The number of benzene rings is 1. The highest BCUT2D eigenvalue weighted by molar-refractivity contribution is 6.33. The Morgan fingerprint density at radius 2 is 2.05 bits per heavy atom. The molecule has 0 aromatic heterocycles. The van der Waals surface area contributed by atoms with Crippen LogP contribution in [0.5, 0.6) is 0 Å². The number of esters is 1. The van der Waals surface area contributed by atoms with E-state index in [0.29, 0.717) is 19.4 Å². The van der Waals surface area contributed by atoms with Gasteiger partial charge in [0, 0.05) is 13.1 Å². The predicted molar refractivity (Wildman–Crippen MR) is 76.6 cm³/mol. The average molecular weight is 332 g/mol. The van der Waals surface area contributed by atoms with Gasteiger partial charge < -0.3 is 9.64 Å². The molecule has 1 amide bonds. The monoisotopic (exact) mass is 331 g/mol. The van der Waals surface area contributed by atoms with Gasteiger partial charge >= 0.3 is 5.97 Å². The van der Waals surface area contributed by atoms with Gasteiger partial charge in [0.15, 0.2) is 11.6 Å². The van der Waals surface area contributed by atoms with Crippen LogP contribution in [0.15, 0.2) is 12.1 Å². The molecule has 22 heavy (non-hydrogen) atoms. The SMILES string of the molecule is CCOC(=O)[C@H]1CCCN(C(=O)c2cc(F)c(F)cc2Cl)C1. The number of ether oxygens (including phenoxy) is 1. The van der Waals surface area contributed by atoms with Gasteiger partial charge in [0.2, 0.25) is 0 Å². The first-order chi connectivity index (χ1) is 10.4. The lowest BCUT2D eigenvalue weighted by Crippen LogP contribution is -2.43. The summed E-state index contributed by atoms with van der Waals surface area (Å²) in [6.45, 7) is 2.61. The average Bonchev–Trinajstić information content (AvgIpc) is 2.50. The van der Waals surface area contributed by atoms with Crippen LogP contribution in [0.4, 0.5) is 8.78 Å². The van der Waals surface area contributed by atoms with Gasteiger partial charge in [-0.2, -0.15) is 0 Å². The van der Waals surface area contributed by atoms with Crippen molar-refractivity contribution in [3.63, 3.8) is 0 Å². The molecule has 0 aliphatic carbocycles. The third kappa shape index (κ3) is 3.55. The van der Waals surface area contributed by atoms with E-state index >= 15 is 0 Å². The summed E-state index contributed by atoms with van der Waals surface area (Å²) in [5.74, 6) is -3.51. The first-order valence-electron chi connectivity index (χ1n) is 7.04. The second kappa shape index (κ2) is 7.05. The first kappa shape index (κ1) is 16.7. The van der Waals surface area contributed by atoms with E-state index < -0.39 is 23.5 Å². The van der Waals surface area contributed by atoms with E-state index in [0.717, 1.165) is 12.1 Å². The number of amides is 1. The van der Waals surface area contributed by atoms with Gasteiger partial charge in [-0.05, 0) is 31.9 Å². The van der Waals surface area contributed by atoms with Gasteiger partial charge in [0.25, 0.3) is 5.91 Å². The van der Waals surface area contributed by atoms with Crippen LogP contribution < -0.4 is 0 Å². The van der Waals surface area contributed by atoms with E-state index in [1.807, 2.05) is 0 Å². The molecule has 1 aromatic rings. The summed E-state index contributed by atoms with van der Waals surface area (Å²) in [5, 5.41) is -0.151. The first-order valence-corrected chi connectivity index (χ1v) is 7.42. The van der Waals surface area contributed by atoms with Gasteiger partial charge in [-0.3, -0.25) is 9.59 Å². The molecule has 1 atom stereocenters. The summed E-state index contributed by atoms with van der Waals surface area (Å²) in [6.07, 6.45) is 1.27. The number of carbonyl (C=O) groups is 2. The number of hydrogen-bond acceptors (Lipinski definition) is 3. The lowest BCUT2D eigenvalue weighted by atomic mass is 9.97. The van der Waals surface area contributed by atoms with Crippen LogP contribution >= 0.6 is 11.6 Å². The molecule has 1 aliphatic rings. The van der Waals surface area contributed by atoms with Crippen LogP contribution in [0.3, 0.4) is 0 Å². The van der Waals surface area contributed by atoms with E-state index in [-0.39, 0.29) is 29.7 Å². The molecule has 0 unspecified atom stereocenters. The summed E-state index contributed by atoms with van der Waals surface area (Å²) in [5.41, 5.74) is -0.106. The third-order valence-electron chi connectivity index (χ3n) is 3.57. The molecule has 7 heteroatoms. The van der Waals surface area contributed by atoms with Crippen molar-refractivity contribution in [3.8, 4) is 0 Å². The maximum absolute atomic E-state index is 13.3. The zero-order chi connectivity index (χ0) is 16.3. The third-order valence-corrected chi connectivity index (χ3v) is 3.88. The van der Waals surface area contributed by atoms with Crippen LogP contribution in [-0.2, 0) is 9.53 Å². The van der Waals surface area contributed by atoms with Crippen LogP contribution in [0, 0.1) is 17.6 Å². The molecular formula is C15H16ClF2NO3. The molecule has 2 rings (SSSR count). The van der Waals surface area contributed by atoms with Gasteiger partial charge in [0.05, 0.1) is 23.1 Å². The number of hydrogen-bond donors (Lipinski definition) is 0. The second-order valence-corrected chi connectivity index (χ2v) is 5.50. The number of rotatable bonds is 3. The highest BCUT2D eigenvalue weighted by Gasteiger charge is 2.30. The van der Waals surface area contributed by atoms with Gasteiger partial charge in [0.1, 0.15) is 0 Å². The van der Waals surface area contributed by atoms with Crippen LogP contribution in [-0.4, -0.2) is 36.5 Å². The highest BCUT2D eigenvalue weighted by Crippen LogP contribution is 2.25. The summed E-state index contributed by atoms with van der Waals surface area (Å²) < 4.78 is 31.3. The Morgan fingerprint density at radius 3 is 2.73 bits per heavy atom. The summed E-state index contributed by atoms with van der Waals surface area (Å²) in [7, 11) is 0. The Bertz CT molecular complexity index is 594. The van der Waals surface area contributed by atoms with Crippen molar-refractivity contribution < 1.29 is 23.1 Å². The summed E-state index contributed by atoms with van der Waals surface area (Å²) in [4.78, 5) is 25.6. The number of halogens is 3. The van der Waals surface area contributed by atoms with Crippen molar-refractivity contribution in [1.82, 2.24) is 4.90 Å². The van der Waals surface area contributed by atoms with Crippen molar-refractivity contribution in [1.29, 1.82) is 0 Å². The van der Waals surface area contributed by atoms with Gasteiger partial charge in [-0.25, -0.2) is 8.78 Å². The fourth-order valence-corrected chi connectivity index (χ4v) is 2.70. The van der Waals surface area contributed by atoms with Crippen molar-refractivity contribution in [2.75, 3.05) is 19.7 Å². The molecule has 1 aromatic carbocycles. The zero-order valence-electron chi connectivity index (χ0n) is 12.1. The topological polar surface area (TPSA) is 46.6 Å². The van der Waals surface area contributed by atoms with Crippen molar-refractivity contribution in [3.05, 3.63) is 34.4 Å². The predicted octanol–water partition coefficient (Wildman–Crippen LogP) is 3.03. The molecular weight excluding hydrogens is 316 g/mol. The quantitative estimate of drug-likeness (QED) is 0.632. The van der Waals surface area contributed by atoms with E-state index in [1.54, 1.807) is 6.92 Å². The lowest BCUT2D eigenvalue weighted by molar-refractivity contribution is -0.149. The normalized spacial score (nSPS) is 18.2. The molecule has 1 aliphatic heterocycles. The smallest absolute Gasteiger partial charge is 0.310 e. The Morgan fingerprint density at radius 1 is 1.36 bits per heavy atom. The number of nitrogens with zero attached hydrogens (tertiary/aromatic N) is 1. The molecule has 0 N–H and O–H groups in total. The van der Waals surface area contributed by atoms with Crippen LogP contribution in [0.1, 0.15) is 30.1 Å². The Hall–Kier alpha value is -1.69. The molecule has 0 spiro atoms. The number of piperidine rings is 1. The maximum atomic E-state index is 13.3. The van der Waals surface area contributed by atoms with E-state index in [2.05, 4.69) is 0 Å². The van der Waals surface area contributed by atoms with Crippen LogP contribution in [0.25, 0.3) is 0 Å². The molecule has 1 saturated heterocycles. The number of likely N-dealkylation sites (tertiary alicyclic amines) is 1. The van der Waals surface area contributed by atoms with Crippen molar-refractivity contribution in [2.45, 2.75) is 19.8 Å². The molecule has 1 heterocycles. The lowest BCUT2D eigenvalue weighted by Gasteiger charge is -2.31.